The molecule has 13 heavy (non-hydrogen) atoms. The van der Waals surface area contributed by atoms with Crippen molar-refractivity contribution in [3.63, 3.8) is 0 Å². The Bertz CT molecular complexity index is 326. The summed E-state index contributed by atoms with van der Waals surface area (Å²) in [5.74, 6) is 0.734. The summed E-state index contributed by atoms with van der Waals surface area (Å²) in [6.45, 7) is 1.97. The van der Waals surface area contributed by atoms with Crippen molar-refractivity contribution in [1.82, 2.24) is 4.98 Å². The van der Waals surface area contributed by atoms with Crippen molar-refractivity contribution in [3.05, 3.63) is 22.3 Å². The van der Waals surface area contributed by atoms with Crippen LogP contribution in [0.5, 0.6) is 0 Å². The highest BCUT2D eigenvalue weighted by Gasteiger charge is 2.09. The van der Waals surface area contributed by atoms with Crippen LogP contribution in [-0.4, -0.2) is 18.3 Å². The maximum absolute atomic E-state index is 10.6. The lowest BCUT2D eigenvalue weighted by Crippen LogP contribution is -2.00. The first-order chi connectivity index (χ1) is 6.24. The Morgan fingerprint density at radius 1 is 1.69 bits per heavy atom. The molecule has 0 aliphatic carbocycles. The number of hydrogen-bond acceptors (Lipinski definition) is 3. The van der Waals surface area contributed by atoms with Crippen molar-refractivity contribution in [3.8, 4) is 0 Å². The SMILES string of the molecule is CCc1c(NC)ncc(C=O)c1Cl. The van der Waals surface area contributed by atoms with Crippen molar-refractivity contribution in [1.29, 1.82) is 0 Å². The summed E-state index contributed by atoms with van der Waals surface area (Å²) in [4.78, 5) is 14.6. The lowest BCUT2D eigenvalue weighted by Gasteiger charge is -2.08. The number of nitrogens with zero attached hydrogens (tertiary/aromatic N) is 1. The topological polar surface area (TPSA) is 42.0 Å². The maximum atomic E-state index is 10.6. The van der Waals surface area contributed by atoms with Gasteiger partial charge in [0.1, 0.15) is 5.82 Å². The van der Waals surface area contributed by atoms with Crippen LogP contribution in [0, 0.1) is 0 Å². The number of carbonyl (C=O) groups excluding carboxylic acids is 1. The van der Waals surface area contributed by atoms with Crippen LogP contribution < -0.4 is 5.32 Å². The molecule has 70 valence electrons. The van der Waals surface area contributed by atoms with Gasteiger partial charge in [-0.2, -0.15) is 0 Å². The molecule has 0 saturated carbocycles. The van der Waals surface area contributed by atoms with E-state index in [1.54, 1.807) is 7.05 Å². The Labute approximate surface area is 82.1 Å². The van der Waals surface area contributed by atoms with Gasteiger partial charge >= 0.3 is 0 Å². The molecule has 0 saturated heterocycles. The molecule has 0 aliphatic rings. The van der Waals surface area contributed by atoms with Gasteiger partial charge in [-0.1, -0.05) is 18.5 Å². The van der Waals surface area contributed by atoms with E-state index >= 15 is 0 Å². The number of anilines is 1. The molecule has 0 radical (unpaired) electrons. The molecule has 0 aliphatic heterocycles. The average molecular weight is 199 g/mol. The Kier molecular flexibility index (Phi) is 3.25. The molecule has 1 aromatic heterocycles. The summed E-state index contributed by atoms with van der Waals surface area (Å²) in [6.07, 6.45) is 2.94. The average Bonchev–Trinajstić information content (AvgIpc) is 2.17. The molecular formula is C9H11ClN2O. The van der Waals surface area contributed by atoms with Gasteiger partial charge < -0.3 is 5.32 Å². The highest BCUT2D eigenvalue weighted by molar-refractivity contribution is 6.34. The minimum Gasteiger partial charge on any atom is -0.373 e. The van der Waals surface area contributed by atoms with E-state index in [0.29, 0.717) is 16.9 Å². The van der Waals surface area contributed by atoms with Gasteiger partial charge in [-0.05, 0) is 6.42 Å². The van der Waals surface area contributed by atoms with Crippen LogP contribution in [0.3, 0.4) is 0 Å². The van der Waals surface area contributed by atoms with Gasteiger partial charge in [0.25, 0.3) is 0 Å². The maximum Gasteiger partial charge on any atom is 0.153 e. The first-order valence-electron chi connectivity index (χ1n) is 4.04. The molecule has 3 nitrogen and oxygen atoms in total. The zero-order valence-corrected chi connectivity index (χ0v) is 8.35. The number of carbonyl (C=O) groups is 1. The first-order valence-corrected chi connectivity index (χ1v) is 4.42. The van der Waals surface area contributed by atoms with Crippen molar-refractivity contribution in [2.75, 3.05) is 12.4 Å². The quantitative estimate of drug-likeness (QED) is 0.757. The molecule has 4 heteroatoms. The lowest BCUT2D eigenvalue weighted by atomic mass is 10.1. The van der Waals surface area contributed by atoms with Crippen LogP contribution in [-0.2, 0) is 6.42 Å². The molecule has 1 aromatic rings. The third-order valence-electron chi connectivity index (χ3n) is 1.85. The van der Waals surface area contributed by atoms with Gasteiger partial charge in [-0.3, -0.25) is 4.79 Å². The fourth-order valence-electron chi connectivity index (χ4n) is 1.17. The zero-order chi connectivity index (χ0) is 9.84. The Morgan fingerprint density at radius 3 is 2.85 bits per heavy atom. The number of rotatable bonds is 3. The third kappa shape index (κ3) is 1.80. The second-order valence-electron chi connectivity index (χ2n) is 2.58. The smallest absolute Gasteiger partial charge is 0.153 e. The molecule has 0 atom stereocenters. The fraction of sp³-hybridized carbons (Fsp3) is 0.333. The van der Waals surface area contributed by atoms with E-state index in [9.17, 15) is 4.79 Å². The summed E-state index contributed by atoms with van der Waals surface area (Å²) in [7, 11) is 1.78. The van der Waals surface area contributed by atoms with Gasteiger partial charge in [0.15, 0.2) is 6.29 Å². The number of aldehydes is 1. The Morgan fingerprint density at radius 2 is 2.38 bits per heavy atom. The molecule has 1 heterocycles. The number of aromatic nitrogens is 1. The van der Waals surface area contributed by atoms with Gasteiger partial charge in [-0.15, -0.1) is 0 Å². The second-order valence-corrected chi connectivity index (χ2v) is 2.95. The summed E-state index contributed by atoms with van der Waals surface area (Å²) < 4.78 is 0. The number of nitrogens with one attached hydrogen (secondary N) is 1. The third-order valence-corrected chi connectivity index (χ3v) is 2.30. The van der Waals surface area contributed by atoms with Gasteiger partial charge in [0.2, 0.25) is 0 Å². The van der Waals surface area contributed by atoms with Crippen LogP contribution in [0.2, 0.25) is 5.02 Å². The normalized spacial score (nSPS) is 9.77. The van der Waals surface area contributed by atoms with Crippen LogP contribution in [0.4, 0.5) is 5.82 Å². The molecule has 0 amide bonds. The lowest BCUT2D eigenvalue weighted by molar-refractivity contribution is 0.112. The van der Waals surface area contributed by atoms with E-state index in [4.69, 9.17) is 11.6 Å². The molecule has 0 bridgehead atoms. The number of halogens is 1. The van der Waals surface area contributed by atoms with Crippen LogP contribution in [0.25, 0.3) is 0 Å². The molecule has 0 fully saturated rings. The van der Waals surface area contributed by atoms with Gasteiger partial charge in [-0.25, -0.2) is 4.98 Å². The molecular weight excluding hydrogens is 188 g/mol. The highest BCUT2D eigenvalue weighted by atomic mass is 35.5. The molecule has 1 N–H and O–H groups in total. The van der Waals surface area contributed by atoms with Crippen LogP contribution in [0.15, 0.2) is 6.20 Å². The van der Waals surface area contributed by atoms with Gasteiger partial charge in [0.05, 0.1) is 10.6 Å². The van der Waals surface area contributed by atoms with E-state index in [0.717, 1.165) is 17.8 Å². The first kappa shape index (κ1) is 9.99. The molecule has 0 aromatic carbocycles. The van der Waals surface area contributed by atoms with Crippen molar-refractivity contribution in [2.45, 2.75) is 13.3 Å². The van der Waals surface area contributed by atoms with Crippen molar-refractivity contribution < 1.29 is 4.79 Å². The van der Waals surface area contributed by atoms with Crippen molar-refractivity contribution >= 4 is 23.7 Å². The van der Waals surface area contributed by atoms with E-state index in [-0.39, 0.29) is 0 Å². The van der Waals surface area contributed by atoms with E-state index in [2.05, 4.69) is 10.3 Å². The predicted octanol–water partition coefficient (Wildman–Crippen LogP) is 2.15. The summed E-state index contributed by atoms with van der Waals surface area (Å²) in [5.41, 5.74) is 1.33. The number of pyridine rings is 1. The Balaban J connectivity index is 3.31. The largest absolute Gasteiger partial charge is 0.373 e. The van der Waals surface area contributed by atoms with E-state index in [1.807, 2.05) is 6.92 Å². The second kappa shape index (κ2) is 4.23. The summed E-state index contributed by atoms with van der Waals surface area (Å²) in [5, 5.41) is 3.42. The minimum atomic E-state index is 0.442. The Hall–Kier alpha value is -1.09. The van der Waals surface area contributed by atoms with E-state index < -0.39 is 0 Å². The standard InChI is InChI=1S/C9H11ClN2O/c1-3-7-8(10)6(5-13)4-12-9(7)11-2/h4-5H,3H2,1-2H3,(H,11,12). The molecule has 0 unspecified atom stereocenters. The summed E-state index contributed by atoms with van der Waals surface area (Å²) >= 11 is 5.98. The fourth-order valence-corrected chi connectivity index (χ4v) is 1.48. The molecule has 0 spiro atoms. The van der Waals surface area contributed by atoms with Crippen LogP contribution in [0.1, 0.15) is 22.8 Å². The minimum absolute atomic E-state index is 0.442. The highest BCUT2D eigenvalue weighted by Crippen LogP contribution is 2.25. The predicted molar refractivity (Wildman–Crippen MR) is 53.6 cm³/mol. The molecule has 1 rings (SSSR count). The van der Waals surface area contributed by atoms with Crippen molar-refractivity contribution in [2.24, 2.45) is 0 Å². The monoisotopic (exact) mass is 198 g/mol. The number of hydrogen-bond donors (Lipinski definition) is 1. The van der Waals surface area contributed by atoms with Gasteiger partial charge in [0, 0.05) is 18.8 Å². The van der Waals surface area contributed by atoms with E-state index in [1.165, 1.54) is 6.20 Å². The zero-order valence-electron chi connectivity index (χ0n) is 7.60. The van der Waals surface area contributed by atoms with Crippen LogP contribution >= 0.6 is 11.6 Å². The summed E-state index contributed by atoms with van der Waals surface area (Å²) in [6, 6.07) is 0.